The van der Waals surface area contributed by atoms with Gasteiger partial charge in [-0.15, -0.1) is 6.58 Å². The Morgan fingerprint density at radius 1 is 1.20 bits per heavy atom. The van der Waals surface area contributed by atoms with Crippen LogP contribution in [0.25, 0.3) is 0 Å². The van der Waals surface area contributed by atoms with Crippen LogP contribution in [0.4, 0.5) is 11.4 Å². The Hall–Kier alpha value is -4.01. The summed E-state index contributed by atoms with van der Waals surface area (Å²) in [5, 5.41) is 16.5. The Morgan fingerprint density at radius 2 is 1.87 bits per heavy atom. The summed E-state index contributed by atoms with van der Waals surface area (Å²) in [5.41, 5.74) is -0.0174. The van der Waals surface area contributed by atoms with Gasteiger partial charge in [0.1, 0.15) is 5.69 Å². The summed E-state index contributed by atoms with van der Waals surface area (Å²) in [4.78, 5) is 48.1. The number of ketones is 1. The number of rotatable bonds is 9. The van der Waals surface area contributed by atoms with Crippen molar-refractivity contribution in [1.82, 2.24) is 5.32 Å². The van der Waals surface area contributed by atoms with Gasteiger partial charge < -0.3 is 15.4 Å². The van der Waals surface area contributed by atoms with E-state index in [9.17, 15) is 24.5 Å². The molecule has 0 radical (unpaired) electrons. The molecule has 0 saturated carbocycles. The van der Waals surface area contributed by atoms with Crippen LogP contribution in [-0.4, -0.2) is 42.3 Å². The van der Waals surface area contributed by atoms with Crippen LogP contribution in [0.2, 0.25) is 0 Å². The van der Waals surface area contributed by atoms with Crippen LogP contribution in [0.15, 0.2) is 55.1 Å². The summed E-state index contributed by atoms with van der Waals surface area (Å²) < 4.78 is 5.16. The van der Waals surface area contributed by atoms with Gasteiger partial charge in [0.15, 0.2) is 11.9 Å². The lowest BCUT2D eigenvalue weighted by molar-refractivity contribution is -0.384. The van der Waals surface area contributed by atoms with E-state index >= 15 is 0 Å². The fourth-order valence-electron chi connectivity index (χ4n) is 2.64. The number of esters is 1. The predicted octanol–water partition coefficient (Wildman–Crippen LogP) is 2.72. The van der Waals surface area contributed by atoms with Gasteiger partial charge >= 0.3 is 5.97 Å². The van der Waals surface area contributed by atoms with E-state index in [1.165, 1.54) is 44.3 Å². The summed E-state index contributed by atoms with van der Waals surface area (Å²) in [6.07, 6.45) is 0.399. The first-order valence-corrected chi connectivity index (χ1v) is 8.99. The molecule has 0 spiro atoms. The lowest BCUT2D eigenvalue weighted by atomic mass is 9.97. The van der Waals surface area contributed by atoms with E-state index in [1.54, 1.807) is 12.1 Å². The van der Waals surface area contributed by atoms with Gasteiger partial charge in [-0.05, 0) is 25.1 Å². The van der Waals surface area contributed by atoms with Crippen LogP contribution >= 0.6 is 0 Å². The third-order valence-electron chi connectivity index (χ3n) is 4.19. The van der Waals surface area contributed by atoms with Crippen molar-refractivity contribution in [2.24, 2.45) is 0 Å². The Kier molecular flexibility index (Phi) is 7.40. The molecular weight excluding hydrogens is 390 g/mol. The number of carbonyl (C=O) groups excluding carboxylic acids is 3. The number of nitro benzene ring substituents is 1. The molecule has 0 bridgehead atoms. The molecule has 0 aromatic heterocycles. The zero-order valence-corrected chi connectivity index (χ0v) is 16.5. The molecule has 0 fully saturated rings. The highest BCUT2D eigenvalue weighted by atomic mass is 16.6. The van der Waals surface area contributed by atoms with Crippen molar-refractivity contribution in [3.8, 4) is 0 Å². The first kappa shape index (κ1) is 22.3. The predicted molar refractivity (Wildman–Crippen MR) is 111 cm³/mol. The van der Waals surface area contributed by atoms with Crippen LogP contribution in [0.1, 0.15) is 33.2 Å². The Morgan fingerprint density at radius 3 is 2.47 bits per heavy atom. The van der Waals surface area contributed by atoms with Crippen molar-refractivity contribution in [1.29, 1.82) is 0 Å². The zero-order chi connectivity index (χ0) is 22.3. The van der Waals surface area contributed by atoms with Crippen molar-refractivity contribution >= 4 is 29.0 Å². The molecule has 0 aliphatic heterocycles. The maximum atomic E-state index is 13.0. The van der Waals surface area contributed by atoms with Crippen molar-refractivity contribution in [3.63, 3.8) is 0 Å². The summed E-state index contributed by atoms with van der Waals surface area (Å²) >= 11 is 0. The number of hydrogen-bond acceptors (Lipinski definition) is 7. The normalized spacial score (nSPS) is 11.1. The maximum absolute atomic E-state index is 13.0. The van der Waals surface area contributed by atoms with Gasteiger partial charge in [-0.25, -0.2) is 4.79 Å². The quantitative estimate of drug-likeness (QED) is 0.213. The molecule has 0 saturated heterocycles. The molecule has 9 heteroatoms. The highest BCUT2D eigenvalue weighted by Crippen LogP contribution is 2.27. The second kappa shape index (κ2) is 9.97. The lowest BCUT2D eigenvalue weighted by Gasteiger charge is -2.14. The molecule has 1 atom stereocenters. The molecular formula is C21H21N3O6. The smallest absolute Gasteiger partial charge is 0.339 e. The fourth-order valence-corrected chi connectivity index (χ4v) is 2.64. The van der Waals surface area contributed by atoms with E-state index in [2.05, 4.69) is 17.2 Å². The molecule has 156 valence electrons. The maximum Gasteiger partial charge on any atom is 0.339 e. The molecule has 0 unspecified atom stereocenters. The van der Waals surface area contributed by atoms with Crippen LogP contribution in [0, 0.1) is 10.1 Å². The number of ether oxygens (including phenoxy) is 1. The minimum absolute atomic E-state index is 0.00713. The average Bonchev–Trinajstić information content (AvgIpc) is 2.76. The number of anilines is 1. The first-order valence-electron chi connectivity index (χ1n) is 8.99. The topological polar surface area (TPSA) is 128 Å². The van der Waals surface area contributed by atoms with E-state index in [1.807, 2.05) is 0 Å². The van der Waals surface area contributed by atoms with Crippen LogP contribution in [0.3, 0.4) is 0 Å². The third kappa shape index (κ3) is 5.07. The molecule has 0 aliphatic rings. The van der Waals surface area contributed by atoms with Gasteiger partial charge in [0.05, 0.1) is 10.5 Å². The summed E-state index contributed by atoms with van der Waals surface area (Å²) in [7, 11) is 1.53. The van der Waals surface area contributed by atoms with E-state index in [-0.39, 0.29) is 34.6 Å². The van der Waals surface area contributed by atoms with Crippen molar-refractivity contribution < 1.29 is 24.0 Å². The van der Waals surface area contributed by atoms with Gasteiger partial charge in [0, 0.05) is 30.8 Å². The molecule has 2 aromatic carbocycles. The SMILES string of the molecule is C=CCNC(=O)[C@H](C)OC(=O)c1ccccc1C(=O)c1ccc(NC)c([N+](=O)[O-])c1. The van der Waals surface area contributed by atoms with Gasteiger partial charge in [0.2, 0.25) is 0 Å². The minimum Gasteiger partial charge on any atom is -0.449 e. The van der Waals surface area contributed by atoms with E-state index in [0.717, 1.165) is 6.07 Å². The Labute approximate surface area is 172 Å². The summed E-state index contributed by atoms with van der Waals surface area (Å²) in [5.74, 6) is -1.95. The standard InChI is InChI=1S/C21H21N3O6/c1-4-11-23-20(26)13(2)30-21(27)16-8-6-5-7-15(16)19(25)14-9-10-17(22-3)18(12-14)24(28)29/h4-10,12-13,22H,1,11H2,2-3H3,(H,23,26)/t13-/m0/s1. The molecule has 2 rings (SSSR count). The van der Waals surface area contributed by atoms with Crippen molar-refractivity contribution in [2.45, 2.75) is 13.0 Å². The largest absolute Gasteiger partial charge is 0.449 e. The van der Waals surface area contributed by atoms with Crippen LogP contribution in [-0.2, 0) is 9.53 Å². The van der Waals surface area contributed by atoms with Crippen LogP contribution < -0.4 is 10.6 Å². The minimum atomic E-state index is -1.09. The second-order valence-corrected chi connectivity index (χ2v) is 6.20. The van der Waals surface area contributed by atoms with Gasteiger partial charge in [-0.3, -0.25) is 19.7 Å². The van der Waals surface area contributed by atoms with E-state index in [0.29, 0.717) is 0 Å². The first-order chi connectivity index (χ1) is 14.3. The molecule has 2 N–H and O–H groups in total. The number of nitro groups is 1. The molecule has 30 heavy (non-hydrogen) atoms. The number of benzene rings is 2. The average molecular weight is 411 g/mol. The van der Waals surface area contributed by atoms with Gasteiger partial charge in [-0.1, -0.05) is 24.3 Å². The lowest BCUT2D eigenvalue weighted by Crippen LogP contribution is -2.36. The number of nitrogens with one attached hydrogen (secondary N) is 2. The molecule has 1 amide bonds. The monoisotopic (exact) mass is 411 g/mol. The summed E-state index contributed by atoms with van der Waals surface area (Å²) in [6.45, 7) is 5.10. The number of nitrogens with zero attached hydrogens (tertiary/aromatic N) is 1. The second-order valence-electron chi connectivity index (χ2n) is 6.20. The van der Waals surface area contributed by atoms with Gasteiger partial charge in [0.25, 0.3) is 11.6 Å². The molecule has 0 heterocycles. The van der Waals surface area contributed by atoms with Crippen molar-refractivity contribution in [3.05, 3.63) is 81.9 Å². The third-order valence-corrected chi connectivity index (χ3v) is 4.19. The molecule has 0 aliphatic carbocycles. The Balaban J connectivity index is 2.32. The number of carbonyl (C=O) groups is 3. The number of hydrogen-bond donors (Lipinski definition) is 2. The van der Waals surface area contributed by atoms with Gasteiger partial charge in [-0.2, -0.15) is 0 Å². The summed E-state index contributed by atoms with van der Waals surface area (Å²) in [6, 6.07) is 9.89. The van der Waals surface area contributed by atoms with E-state index in [4.69, 9.17) is 4.74 Å². The molecule has 2 aromatic rings. The zero-order valence-electron chi connectivity index (χ0n) is 16.5. The molecule has 9 nitrogen and oxygen atoms in total. The highest BCUT2D eigenvalue weighted by molar-refractivity contribution is 6.15. The fraction of sp³-hybridized carbons (Fsp3) is 0.190. The highest BCUT2D eigenvalue weighted by Gasteiger charge is 2.24. The van der Waals surface area contributed by atoms with Crippen LogP contribution in [0.5, 0.6) is 0 Å². The van der Waals surface area contributed by atoms with E-state index < -0.39 is 28.7 Å². The Bertz CT molecular complexity index is 1000. The van der Waals surface area contributed by atoms with Crippen molar-refractivity contribution in [2.75, 3.05) is 18.9 Å². The number of amides is 1.